The van der Waals surface area contributed by atoms with Gasteiger partial charge in [-0.25, -0.2) is 9.97 Å². The second-order valence-electron chi connectivity index (χ2n) is 29.2. The van der Waals surface area contributed by atoms with E-state index in [0.29, 0.717) is 5.82 Å². The third kappa shape index (κ3) is 11.3. The predicted octanol–water partition coefficient (Wildman–Crippen LogP) is 21.4. The lowest BCUT2D eigenvalue weighted by Crippen LogP contribution is -2.61. The molecule has 0 unspecified atom stereocenters. The maximum absolute atomic E-state index is 5.88. The number of hydrogen-bond donors (Lipinski definition) is 0. The van der Waals surface area contributed by atoms with Gasteiger partial charge in [0.25, 0.3) is 6.71 Å². The number of hydrogen-bond acceptors (Lipinski definition) is 4. The van der Waals surface area contributed by atoms with Gasteiger partial charge in [-0.3, -0.25) is 0 Å². The van der Waals surface area contributed by atoms with Gasteiger partial charge in [0, 0.05) is 50.8 Å². The third-order valence-electron chi connectivity index (χ3n) is 18.7. The molecule has 0 radical (unpaired) electrons. The van der Waals surface area contributed by atoms with Gasteiger partial charge in [-0.1, -0.05) is 253 Å². The summed E-state index contributed by atoms with van der Waals surface area (Å²) in [5.41, 5.74) is 29.1. The van der Waals surface area contributed by atoms with Crippen LogP contribution in [0, 0.1) is 0 Å². The molecule has 4 nitrogen and oxygen atoms in total. The zero-order valence-electron chi connectivity index (χ0n) is 54.7. The van der Waals surface area contributed by atoms with Crippen molar-refractivity contribution in [3.8, 4) is 78.4 Å². The molecule has 0 spiro atoms. The van der Waals surface area contributed by atoms with Crippen LogP contribution in [0.1, 0.15) is 105 Å². The molecule has 0 N–H and O–H groups in total. The van der Waals surface area contributed by atoms with Crippen LogP contribution in [-0.4, -0.2) is 16.7 Å². The first-order valence-corrected chi connectivity index (χ1v) is 32.3. The first kappa shape index (κ1) is 58.8. The molecule has 0 atom stereocenters. The highest BCUT2D eigenvalue weighted by Gasteiger charge is 2.45. The zero-order valence-corrected chi connectivity index (χ0v) is 54.7. The average Bonchev–Trinajstić information content (AvgIpc) is 0.697. The van der Waals surface area contributed by atoms with Crippen LogP contribution < -0.4 is 26.2 Å². The summed E-state index contributed by atoms with van der Waals surface area (Å²) >= 11 is 0. The lowest BCUT2D eigenvalue weighted by molar-refractivity contribution is 0.590. The first-order chi connectivity index (χ1) is 43.6. The summed E-state index contributed by atoms with van der Waals surface area (Å²) < 4.78 is 0. The largest absolute Gasteiger partial charge is 0.311 e. The van der Waals surface area contributed by atoms with E-state index in [1.54, 1.807) is 0 Å². The molecule has 0 amide bonds. The van der Waals surface area contributed by atoms with Gasteiger partial charge in [0.15, 0.2) is 5.82 Å². The fraction of sp³-hybridized carbons (Fsp3) is 0.186. The third-order valence-corrected chi connectivity index (χ3v) is 18.7. The van der Waals surface area contributed by atoms with E-state index in [1.165, 1.54) is 50.0 Å². The number of nitrogens with zero attached hydrogens (tertiary/aromatic N) is 4. The van der Waals surface area contributed by atoms with E-state index < -0.39 is 0 Å². The minimum Gasteiger partial charge on any atom is -0.311 e. The number of benzene rings is 11. The molecular formula is C86H79BN4. The van der Waals surface area contributed by atoms with Crippen LogP contribution in [0.5, 0.6) is 0 Å². The van der Waals surface area contributed by atoms with E-state index in [1.807, 2.05) is 0 Å². The highest BCUT2D eigenvalue weighted by atomic mass is 15.2. The van der Waals surface area contributed by atoms with Crippen molar-refractivity contribution >= 4 is 57.2 Å². The lowest BCUT2D eigenvalue weighted by atomic mass is 9.33. The summed E-state index contributed by atoms with van der Waals surface area (Å²) in [5, 5.41) is 0. The normalized spacial score (nSPS) is 13.0. The van der Waals surface area contributed by atoms with Crippen molar-refractivity contribution in [1.29, 1.82) is 0 Å². The van der Waals surface area contributed by atoms with Crippen LogP contribution in [0.4, 0.5) is 34.1 Å². The number of fused-ring (bicyclic) bond motifs is 4. The molecule has 2 aliphatic rings. The predicted molar refractivity (Wildman–Crippen MR) is 389 cm³/mol. The van der Waals surface area contributed by atoms with Crippen molar-refractivity contribution in [2.45, 2.75) is 105 Å². The van der Waals surface area contributed by atoms with Gasteiger partial charge in [0.2, 0.25) is 0 Å². The summed E-state index contributed by atoms with van der Waals surface area (Å²) in [6.07, 6.45) is 0. The summed E-state index contributed by atoms with van der Waals surface area (Å²) in [7, 11) is 0. The zero-order chi connectivity index (χ0) is 63.1. The maximum Gasteiger partial charge on any atom is 0.252 e. The molecule has 0 bridgehead atoms. The lowest BCUT2D eigenvalue weighted by Gasteiger charge is -2.45. The van der Waals surface area contributed by atoms with Gasteiger partial charge < -0.3 is 9.80 Å². The van der Waals surface area contributed by atoms with Gasteiger partial charge in [-0.05, 0) is 196 Å². The molecule has 2 aliphatic heterocycles. The van der Waals surface area contributed by atoms with Crippen LogP contribution in [0.2, 0.25) is 0 Å². The van der Waals surface area contributed by atoms with Crippen LogP contribution in [0.15, 0.2) is 261 Å². The number of aromatic nitrogens is 2. The smallest absolute Gasteiger partial charge is 0.252 e. The Balaban J connectivity index is 1.10. The van der Waals surface area contributed by atoms with Crippen LogP contribution in [0.3, 0.4) is 0 Å². The highest BCUT2D eigenvalue weighted by molar-refractivity contribution is 7.00. The summed E-state index contributed by atoms with van der Waals surface area (Å²) in [5.74, 6) is 0.634. The van der Waals surface area contributed by atoms with Crippen molar-refractivity contribution in [3.05, 3.63) is 283 Å². The Kier molecular flexibility index (Phi) is 14.6. The van der Waals surface area contributed by atoms with Gasteiger partial charge >= 0.3 is 0 Å². The van der Waals surface area contributed by atoms with Crippen LogP contribution in [-0.2, 0) is 21.7 Å². The molecule has 3 heterocycles. The van der Waals surface area contributed by atoms with Crippen LogP contribution >= 0.6 is 0 Å². The minimum absolute atomic E-state index is 0.0351. The Morgan fingerprint density at radius 3 is 0.857 bits per heavy atom. The fourth-order valence-electron chi connectivity index (χ4n) is 13.5. The monoisotopic (exact) mass is 1180 g/mol. The van der Waals surface area contributed by atoms with Crippen LogP contribution in [0.25, 0.3) is 78.4 Å². The molecule has 11 aromatic carbocycles. The van der Waals surface area contributed by atoms with E-state index >= 15 is 0 Å². The molecule has 446 valence electrons. The molecule has 1 aromatic heterocycles. The van der Waals surface area contributed by atoms with Crippen molar-refractivity contribution in [1.82, 2.24) is 9.97 Å². The maximum atomic E-state index is 5.88. The van der Waals surface area contributed by atoms with E-state index in [4.69, 9.17) is 9.97 Å². The first-order valence-electron chi connectivity index (χ1n) is 32.3. The highest BCUT2D eigenvalue weighted by Crippen LogP contribution is 2.48. The number of anilines is 6. The van der Waals surface area contributed by atoms with Gasteiger partial charge in [-0.15, -0.1) is 0 Å². The van der Waals surface area contributed by atoms with Gasteiger partial charge in [0.1, 0.15) is 0 Å². The Morgan fingerprint density at radius 2 is 0.549 bits per heavy atom. The second-order valence-corrected chi connectivity index (χ2v) is 29.2. The molecule has 12 aromatic rings. The number of rotatable bonds is 9. The van der Waals surface area contributed by atoms with Gasteiger partial charge in [0.05, 0.1) is 11.4 Å². The SMILES string of the molecule is CC(C)(C)c1ccc(N2c3ccc(C(C)(C)C)cc3B3c4cc(C(C)(C)C)ccc4N(c4ccc(C(C)(C)C)cc4)c4cc(-c5nc(-c6cc(-c7ccccc7)cc(-c7ccccc7)c6)cc(-c6cc(-c7ccccc7)cc(-c7ccccc7)c6)n5)cc2c43)cc1. The molecular weight excluding hydrogens is 1100 g/mol. The average molecular weight is 1180 g/mol. The Hall–Kier alpha value is -9.84. The fourth-order valence-corrected chi connectivity index (χ4v) is 13.5. The summed E-state index contributed by atoms with van der Waals surface area (Å²) in [6, 6.07) is 97.1. The molecule has 0 saturated heterocycles. The van der Waals surface area contributed by atoms with E-state index in [9.17, 15) is 0 Å². The Labute approximate surface area is 540 Å². The molecule has 91 heavy (non-hydrogen) atoms. The van der Waals surface area contributed by atoms with E-state index in [-0.39, 0.29) is 28.4 Å². The van der Waals surface area contributed by atoms with E-state index in [2.05, 4.69) is 354 Å². The Bertz CT molecular complexity index is 4290. The molecule has 0 fully saturated rings. The molecule has 0 saturated carbocycles. The second kappa shape index (κ2) is 22.6. The molecule has 5 heteroatoms. The van der Waals surface area contributed by atoms with Crippen molar-refractivity contribution in [2.75, 3.05) is 9.80 Å². The summed E-state index contributed by atoms with van der Waals surface area (Å²) in [4.78, 5) is 16.9. The van der Waals surface area contributed by atoms with E-state index in [0.717, 1.165) is 95.3 Å². The topological polar surface area (TPSA) is 32.3 Å². The Morgan fingerprint density at radius 1 is 0.253 bits per heavy atom. The van der Waals surface area contributed by atoms with Crippen molar-refractivity contribution in [2.24, 2.45) is 0 Å². The quantitative estimate of drug-likeness (QED) is 0.135. The van der Waals surface area contributed by atoms with Crippen molar-refractivity contribution in [3.63, 3.8) is 0 Å². The standard InChI is InChI=1S/C86H79BN4/c1-83(2,3)67-33-39-71(40-34-67)90-77-43-37-69(85(7,8)9)53-73(77)87-74-54-70(86(10,11)12)38-44-78(74)91(72-41-35-68(36-42-72)84(4,5)6)80-52-66(51-79(90)81(80)87)82-88-75(64-47-60(56-25-17-13-18-26-56)45-61(48-64)57-27-19-14-20-28-57)55-76(89-82)65-49-62(58-29-21-15-22-30-58)46-63(50-65)59-31-23-16-24-32-59/h13-55H,1-12H3. The molecule has 14 rings (SSSR count). The minimum atomic E-state index is -0.110. The van der Waals surface area contributed by atoms with Gasteiger partial charge in [-0.2, -0.15) is 0 Å². The summed E-state index contributed by atoms with van der Waals surface area (Å²) in [6.45, 7) is 27.7. The molecule has 0 aliphatic carbocycles. The van der Waals surface area contributed by atoms with Crippen molar-refractivity contribution < 1.29 is 0 Å².